The molecule has 0 fully saturated rings. The molecule has 0 amide bonds. The van der Waals surface area contributed by atoms with Crippen molar-refractivity contribution in [1.29, 1.82) is 0 Å². The number of phenols is 4. The minimum absolute atomic E-state index is 0.129. The molecule has 4 N–H and O–H groups in total. The molecule has 0 aliphatic rings. The van der Waals surface area contributed by atoms with E-state index in [0.29, 0.717) is 30.2 Å². The molecule has 43 heavy (non-hydrogen) atoms. The van der Waals surface area contributed by atoms with E-state index in [0.717, 1.165) is 30.7 Å². The molecule has 0 aliphatic heterocycles. The number of alkyl halides is 6. The summed E-state index contributed by atoms with van der Waals surface area (Å²) in [5, 5.41) is 37.2. The van der Waals surface area contributed by atoms with Gasteiger partial charge >= 0.3 is 12.4 Å². The van der Waals surface area contributed by atoms with Crippen LogP contribution in [-0.4, -0.2) is 32.8 Å². The Balaban J connectivity index is 0.000000238. The molecule has 0 radical (unpaired) electrons. The Bertz CT molecular complexity index is 1350. The van der Waals surface area contributed by atoms with Gasteiger partial charge < -0.3 is 20.4 Å². The molecule has 0 atom stereocenters. The molecule has 0 unspecified atom stereocenters. The zero-order chi connectivity index (χ0) is 32.2. The molecule has 0 aromatic heterocycles. The van der Waals surface area contributed by atoms with Crippen molar-refractivity contribution >= 4 is 0 Å². The summed E-state index contributed by atoms with van der Waals surface area (Å²) in [6.07, 6.45) is -10.4. The fourth-order valence-corrected chi connectivity index (χ4v) is 5.28. The molecule has 4 nitrogen and oxygen atoms in total. The van der Waals surface area contributed by atoms with Gasteiger partial charge in [-0.05, 0) is 83.1 Å². The molecule has 0 saturated heterocycles. The maximum absolute atomic E-state index is 13.6. The second kappa shape index (κ2) is 12.5. The van der Waals surface area contributed by atoms with Crippen LogP contribution in [0.3, 0.4) is 0 Å². The largest absolute Gasteiger partial charge is 0.508 e. The molecule has 10 heteroatoms. The van der Waals surface area contributed by atoms with E-state index in [1.165, 1.54) is 11.1 Å². The molecular weight excluding hydrogens is 574 g/mol. The Morgan fingerprint density at radius 3 is 0.907 bits per heavy atom. The number of rotatable bonds is 6. The minimum Gasteiger partial charge on any atom is -0.508 e. The summed E-state index contributed by atoms with van der Waals surface area (Å²) >= 11 is 0. The average Bonchev–Trinajstić information content (AvgIpc) is 2.90. The van der Waals surface area contributed by atoms with Gasteiger partial charge in [0.15, 0.2) is 0 Å². The third kappa shape index (κ3) is 7.01. The van der Waals surface area contributed by atoms with Crippen LogP contribution in [0.4, 0.5) is 26.3 Å². The van der Waals surface area contributed by atoms with Crippen LogP contribution in [0.15, 0.2) is 97.1 Å². The summed E-state index contributed by atoms with van der Waals surface area (Å²) in [5.74, 6) is 0.190. The van der Waals surface area contributed by atoms with Crippen molar-refractivity contribution in [3.8, 4) is 23.0 Å². The smallest absolute Gasteiger partial charge is 0.411 e. The molecular formula is C33H32F6O4. The number of hydrogen-bond donors (Lipinski definition) is 4. The monoisotopic (exact) mass is 606 g/mol. The summed E-state index contributed by atoms with van der Waals surface area (Å²) in [7, 11) is 0. The van der Waals surface area contributed by atoms with E-state index in [1.807, 2.05) is 24.3 Å². The lowest BCUT2D eigenvalue weighted by molar-refractivity contribution is -0.288. The van der Waals surface area contributed by atoms with Crippen LogP contribution in [0.5, 0.6) is 23.0 Å². The van der Waals surface area contributed by atoms with Crippen molar-refractivity contribution in [3.05, 3.63) is 119 Å². The Kier molecular flexibility index (Phi) is 9.63. The van der Waals surface area contributed by atoms with Gasteiger partial charge in [-0.2, -0.15) is 26.3 Å². The maximum Gasteiger partial charge on any atom is 0.411 e. The van der Waals surface area contributed by atoms with Crippen molar-refractivity contribution in [3.63, 3.8) is 0 Å². The minimum atomic E-state index is -5.70. The zero-order valence-electron chi connectivity index (χ0n) is 23.6. The summed E-state index contributed by atoms with van der Waals surface area (Å²) in [6, 6.07) is 20.1. The third-order valence-electron chi connectivity index (χ3n) is 7.28. The van der Waals surface area contributed by atoms with Crippen LogP contribution in [0, 0.1) is 5.92 Å². The lowest BCUT2D eigenvalue weighted by Crippen LogP contribution is -2.54. The molecule has 4 aromatic rings. The summed E-state index contributed by atoms with van der Waals surface area (Å²) in [4.78, 5) is 0. The maximum atomic E-state index is 13.6. The van der Waals surface area contributed by atoms with Gasteiger partial charge in [0, 0.05) is 5.41 Å². The highest BCUT2D eigenvalue weighted by Gasteiger charge is 2.72. The van der Waals surface area contributed by atoms with Crippen molar-refractivity contribution in [1.82, 2.24) is 0 Å². The summed E-state index contributed by atoms with van der Waals surface area (Å²) < 4.78 is 81.6. The van der Waals surface area contributed by atoms with Crippen molar-refractivity contribution in [2.24, 2.45) is 5.92 Å². The van der Waals surface area contributed by atoms with Crippen LogP contribution in [0.1, 0.15) is 49.4 Å². The van der Waals surface area contributed by atoms with Gasteiger partial charge in [-0.15, -0.1) is 0 Å². The zero-order valence-corrected chi connectivity index (χ0v) is 23.6. The topological polar surface area (TPSA) is 80.9 Å². The average molecular weight is 607 g/mol. The second-order valence-electron chi connectivity index (χ2n) is 10.9. The normalized spacial score (nSPS) is 12.5. The molecule has 0 heterocycles. The lowest BCUT2D eigenvalue weighted by atomic mass is 9.71. The fraction of sp³-hybridized carbons (Fsp3) is 0.273. The van der Waals surface area contributed by atoms with E-state index < -0.39 is 40.4 Å². The van der Waals surface area contributed by atoms with Crippen LogP contribution < -0.4 is 0 Å². The molecule has 4 aromatic carbocycles. The van der Waals surface area contributed by atoms with Gasteiger partial charge in [-0.25, -0.2) is 0 Å². The summed E-state index contributed by atoms with van der Waals surface area (Å²) in [6.45, 7) is 6.63. The van der Waals surface area contributed by atoms with Crippen molar-refractivity contribution in [2.45, 2.75) is 50.4 Å². The number of halogens is 6. The first-order valence-electron chi connectivity index (χ1n) is 13.2. The Morgan fingerprint density at radius 2 is 0.698 bits per heavy atom. The Labute approximate surface area is 245 Å². The standard InChI is InChI=1S/C18H22O2.C15H10F6O2/c1-13(2)12-18(3,14-4-8-16(19)9-5-14)15-6-10-17(20)11-7-15;16-14(17,18)13(15(19,20)21,9-1-5-11(22)6-2-9)10-3-7-12(23)8-4-10/h4-11,13,19-20H,12H2,1-3H3;1-8,22-23H. The van der Waals surface area contributed by atoms with E-state index in [9.17, 15) is 36.6 Å². The number of benzene rings is 4. The van der Waals surface area contributed by atoms with Gasteiger partial charge in [0.1, 0.15) is 23.0 Å². The molecule has 4 rings (SSSR count). The van der Waals surface area contributed by atoms with Crippen LogP contribution >= 0.6 is 0 Å². The predicted octanol–water partition coefficient (Wildman–Crippen LogP) is 8.96. The quantitative estimate of drug-likeness (QED) is 0.165. The highest BCUT2D eigenvalue weighted by molar-refractivity contribution is 5.47. The van der Waals surface area contributed by atoms with Gasteiger partial charge in [0.2, 0.25) is 5.41 Å². The number of aromatic hydroxyl groups is 4. The first-order valence-corrected chi connectivity index (χ1v) is 13.2. The van der Waals surface area contributed by atoms with E-state index in [-0.39, 0.29) is 16.9 Å². The SMILES string of the molecule is CC(C)CC(C)(c1ccc(O)cc1)c1ccc(O)cc1.Oc1ccc(C(c2ccc(O)cc2)(C(F)(F)F)C(F)(F)F)cc1. The first-order chi connectivity index (χ1) is 19.9. The second-order valence-corrected chi connectivity index (χ2v) is 10.9. The Morgan fingerprint density at radius 1 is 0.465 bits per heavy atom. The molecule has 0 bridgehead atoms. The van der Waals surface area contributed by atoms with Gasteiger partial charge in [-0.1, -0.05) is 69.3 Å². The van der Waals surface area contributed by atoms with E-state index in [2.05, 4.69) is 20.8 Å². The fourth-order valence-electron chi connectivity index (χ4n) is 5.28. The molecule has 0 aliphatic carbocycles. The highest BCUT2D eigenvalue weighted by atomic mass is 19.4. The summed E-state index contributed by atoms with van der Waals surface area (Å²) in [5.41, 5.74) is -4.22. The predicted molar refractivity (Wildman–Crippen MR) is 151 cm³/mol. The number of hydrogen-bond acceptors (Lipinski definition) is 4. The van der Waals surface area contributed by atoms with Crippen LogP contribution in [0.2, 0.25) is 0 Å². The van der Waals surface area contributed by atoms with E-state index in [4.69, 9.17) is 10.2 Å². The first kappa shape index (κ1) is 33.2. The lowest BCUT2D eigenvalue weighted by Gasteiger charge is -2.38. The van der Waals surface area contributed by atoms with Gasteiger partial charge in [-0.3, -0.25) is 0 Å². The van der Waals surface area contributed by atoms with E-state index >= 15 is 0 Å². The van der Waals surface area contributed by atoms with Crippen molar-refractivity contribution in [2.75, 3.05) is 0 Å². The third-order valence-corrected chi connectivity index (χ3v) is 7.28. The number of phenolic OH excluding ortho intramolecular Hbond substituents is 4. The highest BCUT2D eigenvalue weighted by Crippen LogP contribution is 2.56. The Hall–Kier alpha value is -4.34. The van der Waals surface area contributed by atoms with E-state index in [1.54, 1.807) is 24.3 Å². The molecule has 0 saturated carbocycles. The van der Waals surface area contributed by atoms with Crippen LogP contribution in [-0.2, 0) is 10.8 Å². The van der Waals surface area contributed by atoms with Crippen molar-refractivity contribution < 1.29 is 46.8 Å². The van der Waals surface area contributed by atoms with Gasteiger partial charge in [0.25, 0.3) is 0 Å². The van der Waals surface area contributed by atoms with Crippen LogP contribution in [0.25, 0.3) is 0 Å². The van der Waals surface area contributed by atoms with Gasteiger partial charge in [0.05, 0.1) is 0 Å². The molecule has 0 spiro atoms. The molecule has 230 valence electrons.